The third kappa shape index (κ3) is 2.07. The number of aromatic nitrogens is 1. The average Bonchev–Trinajstić information content (AvgIpc) is 3.08. The Morgan fingerprint density at radius 2 is 1.48 bits per heavy atom. The van der Waals surface area contributed by atoms with Gasteiger partial charge in [0.15, 0.2) is 0 Å². The molecule has 0 aliphatic carbocycles. The van der Waals surface area contributed by atoms with Crippen LogP contribution in [0.3, 0.4) is 0 Å². The van der Waals surface area contributed by atoms with Gasteiger partial charge in [0.25, 0.3) is 0 Å². The standard InChI is InChI=1S/C23H21NS/c1-23(2,3)14-9-10-19-16(11-14)17-12-18-15-7-5-6-8-21(15)25-22(18)13-20(17)24(19)4/h5-13H,1-4H3. The van der Waals surface area contributed by atoms with Gasteiger partial charge in [0.2, 0.25) is 0 Å². The second-order valence-electron chi connectivity index (χ2n) is 8.00. The number of aryl methyl sites for hydroxylation is 1. The summed E-state index contributed by atoms with van der Waals surface area (Å²) in [5.74, 6) is 0. The lowest BCUT2D eigenvalue weighted by Crippen LogP contribution is -2.10. The predicted octanol–water partition coefficient (Wildman–Crippen LogP) is 7.00. The fourth-order valence-corrected chi connectivity index (χ4v) is 5.02. The van der Waals surface area contributed by atoms with Crippen LogP contribution in [0.25, 0.3) is 42.0 Å². The first-order valence-electron chi connectivity index (χ1n) is 8.77. The lowest BCUT2D eigenvalue weighted by atomic mass is 9.86. The van der Waals surface area contributed by atoms with Crippen LogP contribution >= 0.6 is 11.3 Å². The monoisotopic (exact) mass is 343 g/mol. The molecule has 0 aliphatic heterocycles. The summed E-state index contributed by atoms with van der Waals surface area (Å²) in [6.07, 6.45) is 0. The van der Waals surface area contributed by atoms with Crippen molar-refractivity contribution in [2.24, 2.45) is 7.05 Å². The van der Waals surface area contributed by atoms with E-state index in [4.69, 9.17) is 0 Å². The molecule has 0 N–H and O–H groups in total. The number of thiophene rings is 1. The van der Waals surface area contributed by atoms with Gasteiger partial charge in [-0.15, -0.1) is 11.3 Å². The summed E-state index contributed by atoms with van der Waals surface area (Å²) < 4.78 is 5.07. The highest BCUT2D eigenvalue weighted by molar-refractivity contribution is 7.25. The highest BCUT2D eigenvalue weighted by Crippen LogP contribution is 2.39. The summed E-state index contributed by atoms with van der Waals surface area (Å²) in [6.45, 7) is 6.84. The van der Waals surface area contributed by atoms with Crippen LogP contribution in [-0.2, 0) is 12.5 Å². The molecule has 0 fully saturated rings. The SMILES string of the molecule is Cn1c2ccc(C(C)(C)C)cc2c2cc3c(cc21)sc1ccccc13. The molecule has 0 amide bonds. The Labute approximate surface area is 151 Å². The zero-order chi connectivity index (χ0) is 17.3. The first-order valence-corrected chi connectivity index (χ1v) is 9.59. The van der Waals surface area contributed by atoms with E-state index in [1.165, 1.54) is 47.5 Å². The fraction of sp³-hybridized carbons (Fsp3) is 0.217. The molecule has 5 aromatic rings. The van der Waals surface area contributed by atoms with E-state index in [2.05, 4.69) is 87.0 Å². The molecule has 0 atom stereocenters. The van der Waals surface area contributed by atoms with Gasteiger partial charge in [-0.05, 0) is 41.3 Å². The molecule has 2 heterocycles. The van der Waals surface area contributed by atoms with Crippen molar-refractivity contribution in [1.29, 1.82) is 0 Å². The molecule has 0 saturated carbocycles. The van der Waals surface area contributed by atoms with Gasteiger partial charge < -0.3 is 4.57 Å². The van der Waals surface area contributed by atoms with Crippen LogP contribution in [0, 0.1) is 0 Å². The summed E-state index contributed by atoms with van der Waals surface area (Å²) in [4.78, 5) is 0. The van der Waals surface area contributed by atoms with Crippen molar-refractivity contribution in [2.45, 2.75) is 26.2 Å². The molecule has 3 aromatic carbocycles. The van der Waals surface area contributed by atoms with E-state index < -0.39 is 0 Å². The molecule has 1 nitrogen and oxygen atoms in total. The Morgan fingerprint density at radius 1 is 0.720 bits per heavy atom. The van der Waals surface area contributed by atoms with Crippen LogP contribution in [0.15, 0.2) is 54.6 Å². The smallest absolute Gasteiger partial charge is 0.0503 e. The summed E-state index contributed by atoms with van der Waals surface area (Å²) >= 11 is 1.89. The molecule has 0 saturated heterocycles. The van der Waals surface area contributed by atoms with Gasteiger partial charge >= 0.3 is 0 Å². The Balaban J connectivity index is 1.96. The van der Waals surface area contributed by atoms with E-state index >= 15 is 0 Å². The Morgan fingerprint density at radius 3 is 2.28 bits per heavy atom. The minimum absolute atomic E-state index is 0.162. The minimum atomic E-state index is 0.162. The largest absolute Gasteiger partial charge is 0.344 e. The van der Waals surface area contributed by atoms with E-state index in [0.717, 1.165) is 0 Å². The molecular weight excluding hydrogens is 322 g/mol. The molecule has 2 aromatic heterocycles. The molecule has 124 valence electrons. The van der Waals surface area contributed by atoms with Crippen molar-refractivity contribution in [3.05, 3.63) is 60.2 Å². The van der Waals surface area contributed by atoms with Crippen molar-refractivity contribution in [3.63, 3.8) is 0 Å². The van der Waals surface area contributed by atoms with Crippen molar-refractivity contribution < 1.29 is 0 Å². The predicted molar refractivity (Wildman–Crippen MR) is 112 cm³/mol. The molecule has 25 heavy (non-hydrogen) atoms. The van der Waals surface area contributed by atoms with Crippen LogP contribution in [0.1, 0.15) is 26.3 Å². The molecule has 0 unspecified atom stereocenters. The Bertz CT molecular complexity index is 1280. The fourth-order valence-electron chi connectivity index (χ4n) is 3.89. The van der Waals surface area contributed by atoms with Crippen molar-refractivity contribution >= 4 is 53.3 Å². The van der Waals surface area contributed by atoms with Gasteiger partial charge in [-0.3, -0.25) is 0 Å². The molecular formula is C23H21NS. The van der Waals surface area contributed by atoms with E-state index in [1.807, 2.05) is 11.3 Å². The topological polar surface area (TPSA) is 4.93 Å². The van der Waals surface area contributed by atoms with Crippen LogP contribution in [0.4, 0.5) is 0 Å². The summed E-state index contributed by atoms with van der Waals surface area (Å²) in [6, 6.07) is 20.4. The summed E-state index contributed by atoms with van der Waals surface area (Å²) in [7, 11) is 2.18. The van der Waals surface area contributed by atoms with Crippen LogP contribution < -0.4 is 0 Å². The number of rotatable bonds is 0. The Kier molecular flexibility index (Phi) is 2.91. The van der Waals surface area contributed by atoms with Gasteiger partial charge in [0, 0.05) is 43.5 Å². The maximum absolute atomic E-state index is 2.40. The molecule has 0 aliphatic rings. The quantitative estimate of drug-likeness (QED) is 0.285. The van der Waals surface area contributed by atoms with Crippen LogP contribution in [-0.4, -0.2) is 4.57 Å². The number of benzene rings is 3. The molecule has 0 bridgehead atoms. The van der Waals surface area contributed by atoms with Gasteiger partial charge in [-0.1, -0.05) is 45.0 Å². The molecule has 0 radical (unpaired) electrons. The highest BCUT2D eigenvalue weighted by atomic mass is 32.1. The lowest BCUT2D eigenvalue weighted by Gasteiger charge is -2.19. The average molecular weight is 343 g/mol. The maximum Gasteiger partial charge on any atom is 0.0503 e. The third-order valence-corrected chi connectivity index (χ3v) is 6.50. The number of hydrogen-bond donors (Lipinski definition) is 0. The minimum Gasteiger partial charge on any atom is -0.344 e. The van der Waals surface area contributed by atoms with Crippen LogP contribution in [0.2, 0.25) is 0 Å². The highest BCUT2D eigenvalue weighted by Gasteiger charge is 2.17. The number of hydrogen-bond acceptors (Lipinski definition) is 1. The van der Waals surface area contributed by atoms with E-state index in [-0.39, 0.29) is 5.41 Å². The van der Waals surface area contributed by atoms with Gasteiger partial charge in [0.05, 0.1) is 5.52 Å². The number of nitrogens with zero attached hydrogens (tertiary/aromatic N) is 1. The first kappa shape index (κ1) is 15.0. The van der Waals surface area contributed by atoms with Crippen LogP contribution in [0.5, 0.6) is 0 Å². The zero-order valence-corrected chi connectivity index (χ0v) is 15.9. The molecule has 2 heteroatoms. The van der Waals surface area contributed by atoms with Crippen molar-refractivity contribution in [3.8, 4) is 0 Å². The lowest BCUT2D eigenvalue weighted by molar-refractivity contribution is 0.591. The van der Waals surface area contributed by atoms with Gasteiger partial charge in [-0.2, -0.15) is 0 Å². The summed E-state index contributed by atoms with van der Waals surface area (Å²) in [5.41, 5.74) is 4.18. The van der Waals surface area contributed by atoms with E-state index in [9.17, 15) is 0 Å². The summed E-state index contributed by atoms with van der Waals surface area (Å²) in [5, 5.41) is 5.47. The Hall–Kier alpha value is -2.32. The van der Waals surface area contributed by atoms with E-state index in [0.29, 0.717) is 0 Å². The molecule has 0 spiro atoms. The molecule has 5 rings (SSSR count). The zero-order valence-electron chi connectivity index (χ0n) is 15.1. The van der Waals surface area contributed by atoms with E-state index in [1.54, 1.807) is 0 Å². The first-order chi connectivity index (χ1) is 11.9. The second-order valence-corrected chi connectivity index (χ2v) is 9.09. The third-order valence-electron chi connectivity index (χ3n) is 5.37. The van der Waals surface area contributed by atoms with Crippen molar-refractivity contribution in [2.75, 3.05) is 0 Å². The second kappa shape index (κ2) is 4.86. The number of fused-ring (bicyclic) bond motifs is 6. The maximum atomic E-state index is 2.40. The normalized spacial score (nSPS) is 12.8. The van der Waals surface area contributed by atoms with Gasteiger partial charge in [-0.25, -0.2) is 0 Å². The van der Waals surface area contributed by atoms with Gasteiger partial charge in [0.1, 0.15) is 0 Å². The van der Waals surface area contributed by atoms with Crippen molar-refractivity contribution in [1.82, 2.24) is 4.57 Å².